The van der Waals surface area contributed by atoms with Gasteiger partial charge in [0.2, 0.25) is 0 Å². The third kappa shape index (κ3) is 4.59. The summed E-state index contributed by atoms with van der Waals surface area (Å²) in [4.78, 5) is 13.9. The average molecular weight is 475 g/mol. The first-order valence-corrected chi connectivity index (χ1v) is 10.2. The van der Waals surface area contributed by atoms with E-state index in [0.29, 0.717) is 4.90 Å². The molecular weight excluding hydrogens is 461 g/mol. The zero-order valence-corrected chi connectivity index (χ0v) is 16.8. The maximum Gasteiger partial charge on any atom is 0.460 e. The molecule has 3 aromatic rings. The van der Waals surface area contributed by atoms with Gasteiger partial charge in [0.05, 0.1) is 10.9 Å². The van der Waals surface area contributed by atoms with E-state index < -0.39 is 40.6 Å². The van der Waals surface area contributed by atoms with Crippen LogP contribution in [0.3, 0.4) is 0 Å². The van der Waals surface area contributed by atoms with Crippen molar-refractivity contribution in [1.29, 1.82) is 0 Å². The number of esters is 1. The van der Waals surface area contributed by atoms with Gasteiger partial charge in [-0.25, -0.2) is 4.79 Å². The topological polar surface area (TPSA) is 26.3 Å². The minimum atomic E-state index is -6.63. The highest BCUT2D eigenvalue weighted by Crippen LogP contribution is 2.47. The van der Waals surface area contributed by atoms with Crippen LogP contribution in [0.15, 0.2) is 99.6 Å². The Kier molecular flexibility index (Phi) is 6.54. The number of carbonyl (C=O) groups is 1. The summed E-state index contributed by atoms with van der Waals surface area (Å²) in [6, 6.07) is 23.5. The first-order valence-electron chi connectivity index (χ1n) is 8.94. The molecule has 0 bridgehead atoms. The Hall–Kier alpha value is -3.01. The lowest BCUT2D eigenvalue weighted by atomic mass is 10.1. The second kappa shape index (κ2) is 8.85. The molecule has 32 heavy (non-hydrogen) atoms. The Bertz CT molecular complexity index is 1010. The molecule has 10 heteroatoms. The summed E-state index contributed by atoms with van der Waals surface area (Å²) in [6.45, 7) is 0. The molecule has 0 heterocycles. The van der Waals surface area contributed by atoms with Crippen LogP contribution in [0.5, 0.6) is 5.75 Å². The maximum absolute atomic E-state index is 13.5. The van der Waals surface area contributed by atoms with E-state index in [2.05, 4.69) is 4.74 Å². The molecule has 0 aliphatic heterocycles. The highest BCUT2D eigenvalue weighted by Gasteiger charge is 2.77. The van der Waals surface area contributed by atoms with Gasteiger partial charge in [0.15, 0.2) is 14.7 Å². The molecule has 0 aromatic heterocycles. The molecule has 0 radical (unpaired) electrons. The predicted octanol–water partition coefficient (Wildman–Crippen LogP) is 6.52. The molecule has 0 aliphatic carbocycles. The quantitative estimate of drug-likeness (QED) is 0.176. The molecule has 168 valence electrons. The van der Waals surface area contributed by atoms with E-state index in [4.69, 9.17) is 0 Å². The SMILES string of the molecule is O=C(Oc1ccc([S+](c2ccccc2)c2ccccc2)cc1)C(F)(F)C(F)(F)C(F)(F)F. The van der Waals surface area contributed by atoms with Gasteiger partial charge in [0.25, 0.3) is 0 Å². The third-order valence-corrected chi connectivity index (χ3v) is 6.47. The van der Waals surface area contributed by atoms with Crippen LogP contribution in [0.4, 0.5) is 30.7 Å². The van der Waals surface area contributed by atoms with Crippen LogP contribution in [0, 0.1) is 0 Å². The van der Waals surface area contributed by atoms with Gasteiger partial charge in [-0.05, 0) is 48.5 Å². The summed E-state index contributed by atoms with van der Waals surface area (Å²) in [5, 5.41) is 0. The van der Waals surface area contributed by atoms with E-state index in [1.807, 2.05) is 60.7 Å². The zero-order valence-electron chi connectivity index (χ0n) is 16.0. The van der Waals surface area contributed by atoms with Crippen molar-refractivity contribution in [2.45, 2.75) is 32.7 Å². The lowest BCUT2D eigenvalue weighted by Gasteiger charge is -2.26. The molecule has 0 aliphatic rings. The number of hydrogen-bond acceptors (Lipinski definition) is 2. The van der Waals surface area contributed by atoms with E-state index in [9.17, 15) is 35.5 Å². The normalized spacial score (nSPS) is 12.6. The predicted molar refractivity (Wildman–Crippen MR) is 103 cm³/mol. The number of carbonyl (C=O) groups excluding carboxylic acids is 1. The van der Waals surface area contributed by atoms with E-state index in [0.717, 1.165) is 21.9 Å². The average Bonchev–Trinajstić information content (AvgIpc) is 2.75. The third-order valence-electron chi connectivity index (χ3n) is 4.23. The Morgan fingerprint density at radius 3 is 1.44 bits per heavy atom. The van der Waals surface area contributed by atoms with Crippen LogP contribution < -0.4 is 4.74 Å². The number of hydrogen-bond donors (Lipinski definition) is 0. The Balaban J connectivity index is 1.87. The summed E-state index contributed by atoms with van der Waals surface area (Å²) in [6.07, 6.45) is -6.63. The first-order chi connectivity index (χ1) is 14.9. The number of rotatable bonds is 6. The molecule has 0 unspecified atom stereocenters. The second-order valence-electron chi connectivity index (χ2n) is 6.44. The molecule has 3 aromatic carbocycles. The number of benzene rings is 3. The second-order valence-corrected chi connectivity index (χ2v) is 8.47. The molecule has 3 rings (SSSR count). The molecule has 0 spiro atoms. The highest BCUT2D eigenvalue weighted by molar-refractivity contribution is 7.97. The summed E-state index contributed by atoms with van der Waals surface area (Å²) < 4.78 is 93.9. The van der Waals surface area contributed by atoms with E-state index in [1.54, 1.807) is 0 Å². The molecule has 0 atom stereocenters. The van der Waals surface area contributed by atoms with Gasteiger partial charge in [0.1, 0.15) is 5.75 Å². The monoisotopic (exact) mass is 475 g/mol. The van der Waals surface area contributed by atoms with Crippen molar-refractivity contribution in [2.24, 2.45) is 0 Å². The van der Waals surface area contributed by atoms with Crippen molar-refractivity contribution in [3.63, 3.8) is 0 Å². The van der Waals surface area contributed by atoms with Crippen molar-refractivity contribution in [3.8, 4) is 5.75 Å². The summed E-state index contributed by atoms with van der Waals surface area (Å²) >= 11 is 0. The van der Waals surface area contributed by atoms with Gasteiger partial charge >= 0.3 is 24.0 Å². The van der Waals surface area contributed by atoms with Crippen molar-refractivity contribution < 1.29 is 40.3 Å². The van der Waals surface area contributed by atoms with Crippen LogP contribution >= 0.6 is 0 Å². The standard InChI is InChI=1S/C22H14F7O2S/c23-20(24,21(25,26)22(27,28)29)19(30)31-15-11-13-18(14-12-15)32(16-7-3-1-4-8-16)17-9-5-2-6-10-17/h1-14H/q+1. The maximum atomic E-state index is 13.5. The Labute approximate surface area is 181 Å². The fourth-order valence-electron chi connectivity index (χ4n) is 2.64. The molecule has 0 fully saturated rings. The molecule has 2 nitrogen and oxygen atoms in total. The summed E-state index contributed by atoms with van der Waals surface area (Å²) in [5.74, 6) is -16.3. The van der Waals surface area contributed by atoms with Gasteiger partial charge in [-0.2, -0.15) is 30.7 Å². The highest BCUT2D eigenvalue weighted by atomic mass is 32.2. The van der Waals surface area contributed by atoms with Gasteiger partial charge < -0.3 is 4.74 Å². The van der Waals surface area contributed by atoms with Crippen molar-refractivity contribution in [2.75, 3.05) is 0 Å². The van der Waals surface area contributed by atoms with Crippen LogP contribution in [-0.4, -0.2) is 24.0 Å². The first kappa shape index (κ1) is 23.6. The fraction of sp³-hybridized carbons (Fsp3) is 0.136. The minimum absolute atomic E-state index is 0.596. The van der Waals surface area contributed by atoms with Crippen LogP contribution in [0.1, 0.15) is 0 Å². The molecule has 0 saturated heterocycles. The molecule has 0 amide bonds. The smallest absolute Gasteiger partial charge is 0.422 e. The summed E-state index contributed by atoms with van der Waals surface area (Å²) in [5.41, 5.74) is 0. The Morgan fingerprint density at radius 1 is 0.625 bits per heavy atom. The van der Waals surface area contributed by atoms with Crippen molar-refractivity contribution in [1.82, 2.24) is 0 Å². The van der Waals surface area contributed by atoms with E-state index in [-0.39, 0.29) is 0 Å². The zero-order chi connectivity index (χ0) is 23.6. The molecule has 0 saturated carbocycles. The summed E-state index contributed by atoms with van der Waals surface area (Å²) in [7, 11) is -0.636. The molecular formula is C22H14F7O2S+. The van der Waals surface area contributed by atoms with Crippen molar-refractivity contribution >= 4 is 16.9 Å². The van der Waals surface area contributed by atoms with Gasteiger partial charge in [-0.3, -0.25) is 0 Å². The van der Waals surface area contributed by atoms with Crippen LogP contribution in [-0.2, 0) is 15.7 Å². The lowest BCUT2D eigenvalue weighted by molar-refractivity contribution is -0.346. The van der Waals surface area contributed by atoms with Gasteiger partial charge in [0, 0.05) is 0 Å². The largest absolute Gasteiger partial charge is 0.460 e. The van der Waals surface area contributed by atoms with Gasteiger partial charge in [-0.15, -0.1) is 0 Å². The van der Waals surface area contributed by atoms with Crippen molar-refractivity contribution in [3.05, 3.63) is 84.9 Å². The van der Waals surface area contributed by atoms with E-state index >= 15 is 0 Å². The number of ether oxygens (including phenoxy) is 1. The number of alkyl halides is 7. The lowest BCUT2D eigenvalue weighted by Crippen LogP contribution is -2.57. The van der Waals surface area contributed by atoms with Crippen LogP contribution in [0.25, 0.3) is 0 Å². The minimum Gasteiger partial charge on any atom is -0.422 e. The number of halogens is 7. The van der Waals surface area contributed by atoms with E-state index in [1.165, 1.54) is 12.1 Å². The van der Waals surface area contributed by atoms with Gasteiger partial charge in [-0.1, -0.05) is 36.4 Å². The van der Waals surface area contributed by atoms with Crippen LogP contribution in [0.2, 0.25) is 0 Å². The Morgan fingerprint density at radius 2 is 1.03 bits per heavy atom. The fourth-order valence-corrected chi connectivity index (χ4v) is 4.73. The molecule has 0 N–H and O–H groups in total.